The molecule has 4 aliphatic rings. The summed E-state index contributed by atoms with van der Waals surface area (Å²) >= 11 is 7.81. The molecule has 0 radical (unpaired) electrons. The maximum absolute atomic E-state index is 14.3. The minimum absolute atomic E-state index is 0.00879. The fourth-order valence-corrected chi connectivity index (χ4v) is 10.1. The summed E-state index contributed by atoms with van der Waals surface area (Å²) in [6, 6.07) is 4.45. The number of hydrogen-bond acceptors (Lipinski definition) is 9. The summed E-state index contributed by atoms with van der Waals surface area (Å²) in [4.78, 5) is 70.2. The molecule has 1 aromatic heterocycles. The highest BCUT2D eigenvalue weighted by molar-refractivity contribution is 8.07. The van der Waals surface area contributed by atoms with Crippen LogP contribution >= 0.6 is 22.9 Å². The standard InChI is InChI=1S/C35H43ClN4O8S2/c1-34(2,3)48-33(45)38-24-13-8-6-4-5-7-11-20-18-35(20,32(44)50(46,47)22-15-16-22)39-29(41)25-17-21(19-40(25)31(24)43)37-30(42)28-27(36)23-12-9-10-14-26(23)49-28/h7,9-12,14,20-22,24-25H,4-6,8,13,15-19H2,1-3H3,(H,37,42)(H,38,45)(H,39,41)/b11-7-/t20-,21-,24+,25+,35-/m1/s1. The molecule has 0 unspecified atom stereocenters. The zero-order chi connectivity index (χ0) is 36.0. The fraction of sp³-hybridized carbons (Fsp3) is 0.571. The van der Waals surface area contributed by atoms with Crippen LogP contribution in [0.15, 0.2) is 36.4 Å². The van der Waals surface area contributed by atoms with Gasteiger partial charge in [0.2, 0.25) is 21.7 Å². The predicted octanol–water partition coefficient (Wildman–Crippen LogP) is 4.65. The van der Waals surface area contributed by atoms with Gasteiger partial charge in [-0.15, -0.1) is 11.3 Å². The Morgan fingerprint density at radius 2 is 1.80 bits per heavy atom. The summed E-state index contributed by atoms with van der Waals surface area (Å²) in [7, 11) is -4.13. The van der Waals surface area contributed by atoms with Gasteiger partial charge in [-0.1, -0.05) is 54.8 Å². The Labute approximate surface area is 300 Å². The highest BCUT2D eigenvalue weighted by Crippen LogP contribution is 2.49. The molecule has 2 aromatic rings. The molecule has 2 aliphatic carbocycles. The number of alkyl carbamates (subject to hydrolysis) is 1. The van der Waals surface area contributed by atoms with E-state index in [1.165, 1.54) is 16.2 Å². The number of ether oxygens (including phenoxy) is 1. The Kier molecular flexibility index (Phi) is 10.1. The molecule has 6 rings (SSSR count). The highest BCUT2D eigenvalue weighted by atomic mass is 35.5. The van der Waals surface area contributed by atoms with E-state index >= 15 is 0 Å². The molecule has 3 N–H and O–H groups in total. The topological polar surface area (TPSA) is 168 Å². The van der Waals surface area contributed by atoms with Gasteiger partial charge >= 0.3 is 6.09 Å². The van der Waals surface area contributed by atoms with Gasteiger partial charge in [-0.3, -0.25) is 19.2 Å². The minimum atomic E-state index is -4.13. The minimum Gasteiger partial charge on any atom is -0.444 e. The molecule has 12 nitrogen and oxygen atoms in total. The van der Waals surface area contributed by atoms with E-state index in [-0.39, 0.29) is 25.8 Å². The van der Waals surface area contributed by atoms with Crippen molar-refractivity contribution < 1.29 is 37.1 Å². The van der Waals surface area contributed by atoms with E-state index < -0.39 is 79.2 Å². The number of thiophene rings is 1. The number of sulfone groups is 1. The average Bonchev–Trinajstić information content (AvgIpc) is 3.95. The van der Waals surface area contributed by atoms with Crippen LogP contribution in [0.4, 0.5) is 4.79 Å². The van der Waals surface area contributed by atoms with Crippen LogP contribution < -0.4 is 16.0 Å². The van der Waals surface area contributed by atoms with E-state index in [1.54, 1.807) is 20.8 Å². The van der Waals surface area contributed by atoms with Crippen molar-refractivity contribution in [2.75, 3.05) is 6.54 Å². The van der Waals surface area contributed by atoms with Crippen molar-refractivity contribution >= 4 is 71.8 Å². The number of rotatable bonds is 5. The summed E-state index contributed by atoms with van der Waals surface area (Å²) in [6.45, 7) is 5.06. The van der Waals surface area contributed by atoms with Gasteiger partial charge < -0.3 is 25.6 Å². The molecule has 5 atom stereocenters. The number of nitrogens with zero attached hydrogens (tertiary/aromatic N) is 1. The van der Waals surface area contributed by atoms with Crippen molar-refractivity contribution in [2.24, 2.45) is 5.92 Å². The number of allylic oxidation sites excluding steroid dienone is 1. The second-order valence-electron chi connectivity index (χ2n) is 14.7. The largest absolute Gasteiger partial charge is 0.444 e. The van der Waals surface area contributed by atoms with Crippen LogP contribution in [0.25, 0.3) is 10.1 Å². The second kappa shape index (κ2) is 13.9. The normalized spacial score (nSPS) is 28.4. The fourth-order valence-electron chi connectivity index (χ4n) is 6.84. The monoisotopic (exact) mass is 746 g/mol. The van der Waals surface area contributed by atoms with E-state index in [9.17, 15) is 32.4 Å². The molecule has 0 bridgehead atoms. The van der Waals surface area contributed by atoms with Crippen LogP contribution in [0.5, 0.6) is 0 Å². The zero-order valence-electron chi connectivity index (χ0n) is 28.3. The van der Waals surface area contributed by atoms with E-state index in [2.05, 4.69) is 16.0 Å². The first-order valence-corrected chi connectivity index (χ1v) is 19.9. The number of halogens is 1. The van der Waals surface area contributed by atoms with Crippen molar-refractivity contribution in [2.45, 2.75) is 113 Å². The molecular weight excluding hydrogens is 704 g/mol. The van der Waals surface area contributed by atoms with E-state index in [1.807, 2.05) is 36.4 Å². The Morgan fingerprint density at radius 1 is 1.06 bits per heavy atom. The van der Waals surface area contributed by atoms with Crippen molar-refractivity contribution in [3.8, 4) is 0 Å². The molecule has 2 saturated carbocycles. The van der Waals surface area contributed by atoms with Gasteiger partial charge in [0, 0.05) is 28.6 Å². The van der Waals surface area contributed by atoms with Gasteiger partial charge in [0.05, 0.1) is 10.3 Å². The number of amides is 4. The lowest BCUT2D eigenvalue weighted by molar-refractivity contribution is -0.140. The summed E-state index contributed by atoms with van der Waals surface area (Å²) in [5.74, 6) is -2.21. The number of nitrogens with one attached hydrogen (secondary N) is 3. The highest BCUT2D eigenvalue weighted by Gasteiger charge is 2.65. The van der Waals surface area contributed by atoms with E-state index in [0.717, 1.165) is 22.9 Å². The van der Waals surface area contributed by atoms with Crippen molar-refractivity contribution in [3.63, 3.8) is 0 Å². The Bertz CT molecular complexity index is 1850. The van der Waals surface area contributed by atoms with Crippen LogP contribution in [0.2, 0.25) is 5.02 Å². The lowest BCUT2D eigenvalue weighted by Crippen LogP contribution is -2.57. The predicted molar refractivity (Wildman–Crippen MR) is 190 cm³/mol. The molecule has 1 aromatic carbocycles. The van der Waals surface area contributed by atoms with Crippen LogP contribution in [-0.2, 0) is 29.0 Å². The van der Waals surface area contributed by atoms with Crippen LogP contribution in [-0.4, -0.2) is 83.3 Å². The molecule has 0 spiro atoms. The van der Waals surface area contributed by atoms with Crippen LogP contribution in [0.3, 0.4) is 0 Å². The maximum atomic E-state index is 14.3. The lowest BCUT2D eigenvalue weighted by Gasteiger charge is -2.30. The lowest BCUT2D eigenvalue weighted by atomic mass is 10.0. The Morgan fingerprint density at radius 3 is 2.50 bits per heavy atom. The van der Waals surface area contributed by atoms with Crippen molar-refractivity contribution in [3.05, 3.63) is 46.3 Å². The third kappa shape index (κ3) is 7.57. The summed E-state index contributed by atoms with van der Waals surface area (Å²) in [5, 5.41) is 7.71. The SMILES string of the molecule is CC(C)(C)OC(=O)N[C@H]1CCCCC/C=C\[C@@H]2C[C@@]2(C(=O)S(=O)(=O)C2CC2)NC(=O)[C@@H]2C[C@@H](NC(=O)c3sc4ccccc4c3Cl)CN2C1=O. The van der Waals surface area contributed by atoms with Gasteiger partial charge in [-0.25, -0.2) is 13.2 Å². The van der Waals surface area contributed by atoms with E-state index in [4.69, 9.17) is 16.3 Å². The molecule has 50 heavy (non-hydrogen) atoms. The maximum Gasteiger partial charge on any atom is 0.408 e. The first-order chi connectivity index (χ1) is 23.6. The molecule has 270 valence electrons. The number of carbonyl (C=O) groups excluding carboxylic acids is 5. The molecule has 3 fully saturated rings. The molecule has 1 saturated heterocycles. The Hall–Kier alpha value is -3.49. The smallest absolute Gasteiger partial charge is 0.408 e. The van der Waals surface area contributed by atoms with Crippen LogP contribution in [0.1, 0.15) is 88.2 Å². The third-order valence-corrected chi connectivity index (χ3v) is 13.5. The molecule has 15 heteroatoms. The van der Waals surface area contributed by atoms with Gasteiger partial charge in [0.15, 0.2) is 0 Å². The van der Waals surface area contributed by atoms with Crippen LogP contribution in [0, 0.1) is 5.92 Å². The zero-order valence-corrected chi connectivity index (χ0v) is 30.7. The first kappa shape index (κ1) is 36.3. The second-order valence-corrected chi connectivity index (χ2v) is 18.3. The van der Waals surface area contributed by atoms with Gasteiger partial charge in [0.25, 0.3) is 11.0 Å². The Balaban J connectivity index is 1.30. The molecule has 3 heterocycles. The van der Waals surface area contributed by atoms with E-state index in [0.29, 0.717) is 35.6 Å². The third-order valence-electron chi connectivity index (χ3n) is 9.63. The van der Waals surface area contributed by atoms with Crippen molar-refractivity contribution in [1.82, 2.24) is 20.9 Å². The average molecular weight is 747 g/mol. The summed E-state index contributed by atoms with van der Waals surface area (Å²) in [6.07, 6.45) is 6.92. The van der Waals surface area contributed by atoms with Crippen molar-refractivity contribution in [1.29, 1.82) is 0 Å². The number of fused-ring (bicyclic) bond motifs is 3. The number of carbonyl (C=O) groups is 5. The summed E-state index contributed by atoms with van der Waals surface area (Å²) < 4.78 is 32.6. The first-order valence-electron chi connectivity index (χ1n) is 17.2. The summed E-state index contributed by atoms with van der Waals surface area (Å²) in [5.41, 5.74) is -2.45. The van der Waals surface area contributed by atoms with Gasteiger partial charge in [-0.05, 0) is 71.8 Å². The quantitative estimate of drug-likeness (QED) is 0.372. The molecule has 4 amide bonds. The van der Waals surface area contributed by atoms with Gasteiger partial charge in [-0.2, -0.15) is 0 Å². The number of benzene rings is 1. The molecular formula is C35H43ClN4O8S2. The number of hydrogen-bond donors (Lipinski definition) is 3. The molecule has 2 aliphatic heterocycles. The van der Waals surface area contributed by atoms with Gasteiger partial charge in [0.1, 0.15) is 28.1 Å².